The molecule has 7 heteroatoms. The Morgan fingerprint density at radius 1 is 0.222 bits per heavy atom. The van der Waals surface area contributed by atoms with Gasteiger partial charge in [-0.1, -0.05) is 182 Å². The van der Waals surface area contributed by atoms with Gasteiger partial charge in [0, 0.05) is 82.5 Å². The molecule has 0 aliphatic heterocycles. The predicted molar refractivity (Wildman–Crippen MR) is 371 cm³/mol. The SMILES string of the molecule is N#Cc1ccc(-c2cc(-c3cccc(-n4c5ccccc5c5ccc(-c6ccc7c(c6)c6ccccc6n7-c6ccccc6)cc54)c3)nc(-c3cccc(-n4c5ccccc5c5ccc(-c6ccc7c(c6)c6ccccc6n7-c6ccccc6)cc54)c3)n2)cc1. The molecule has 13 aromatic carbocycles. The average Bonchev–Trinajstić information content (AvgIpc) is 1.65. The van der Waals surface area contributed by atoms with E-state index in [1.54, 1.807) is 0 Å². The van der Waals surface area contributed by atoms with Crippen molar-refractivity contribution in [3.63, 3.8) is 0 Å². The molecule has 0 atom stereocenters. The molecule has 7 nitrogen and oxygen atoms in total. The van der Waals surface area contributed by atoms with Gasteiger partial charge in [0.25, 0.3) is 0 Å². The van der Waals surface area contributed by atoms with Crippen molar-refractivity contribution in [1.82, 2.24) is 28.2 Å². The van der Waals surface area contributed by atoms with Gasteiger partial charge in [-0.05, 0) is 150 Å². The summed E-state index contributed by atoms with van der Waals surface area (Å²) in [5.74, 6) is 0.592. The molecule has 0 unspecified atom stereocenters. The summed E-state index contributed by atoms with van der Waals surface area (Å²) in [5.41, 5.74) is 22.9. The molecule has 0 N–H and O–H groups in total. The lowest BCUT2D eigenvalue weighted by molar-refractivity contribution is 1.15. The maximum absolute atomic E-state index is 9.84. The molecule has 418 valence electrons. The van der Waals surface area contributed by atoms with Crippen molar-refractivity contribution in [2.45, 2.75) is 0 Å². The first kappa shape index (κ1) is 50.9. The van der Waals surface area contributed by atoms with Crippen molar-refractivity contribution in [3.8, 4) is 85.0 Å². The summed E-state index contributed by atoms with van der Waals surface area (Å²) in [5, 5.41) is 19.4. The highest BCUT2D eigenvalue weighted by Gasteiger charge is 2.21. The molecule has 0 aliphatic rings. The Bertz CT molecular complexity index is 5640. The fourth-order valence-corrected chi connectivity index (χ4v) is 14.0. The zero-order chi connectivity index (χ0) is 59.4. The average molecular weight is 1150 g/mol. The fourth-order valence-electron chi connectivity index (χ4n) is 14.0. The van der Waals surface area contributed by atoms with E-state index in [1.165, 1.54) is 65.2 Å². The van der Waals surface area contributed by atoms with E-state index in [2.05, 4.69) is 309 Å². The smallest absolute Gasteiger partial charge is 0.160 e. The topological polar surface area (TPSA) is 69.3 Å². The Labute approximate surface area is 517 Å². The summed E-state index contributed by atoms with van der Waals surface area (Å²) >= 11 is 0. The van der Waals surface area contributed by atoms with Crippen LogP contribution in [0.1, 0.15) is 5.56 Å². The summed E-state index contributed by atoms with van der Waals surface area (Å²) in [6, 6.07) is 113. The molecule has 18 rings (SSSR count). The highest BCUT2D eigenvalue weighted by atomic mass is 15.0. The Morgan fingerprint density at radius 3 is 1.04 bits per heavy atom. The molecule has 0 radical (unpaired) electrons. The predicted octanol–water partition coefficient (Wildman–Crippen LogP) is 21.1. The normalized spacial score (nSPS) is 11.8. The second-order valence-electron chi connectivity index (χ2n) is 23.3. The minimum absolute atomic E-state index is 0.588. The third kappa shape index (κ3) is 8.13. The van der Waals surface area contributed by atoms with Crippen molar-refractivity contribution < 1.29 is 0 Å². The van der Waals surface area contributed by atoms with Crippen LogP contribution in [0.25, 0.3) is 166 Å². The van der Waals surface area contributed by atoms with Gasteiger partial charge < -0.3 is 18.3 Å². The molecule has 0 spiro atoms. The van der Waals surface area contributed by atoms with Crippen LogP contribution in [0.5, 0.6) is 0 Å². The van der Waals surface area contributed by atoms with E-state index >= 15 is 0 Å². The lowest BCUT2D eigenvalue weighted by Gasteiger charge is -2.14. The zero-order valence-electron chi connectivity index (χ0n) is 48.6. The van der Waals surface area contributed by atoms with E-state index in [4.69, 9.17) is 9.97 Å². The monoisotopic (exact) mass is 1150 g/mol. The van der Waals surface area contributed by atoms with Gasteiger partial charge in [0.05, 0.1) is 67.2 Å². The van der Waals surface area contributed by atoms with Crippen LogP contribution in [-0.4, -0.2) is 28.2 Å². The fraction of sp³-hybridized carbons (Fsp3) is 0. The second kappa shape index (κ2) is 20.4. The first-order valence-corrected chi connectivity index (χ1v) is 30.4. The van der Waals surface area contributed by atoms with Crippen molar-refractivity contribution in [3.05, 3.63) is 315 Å². The molecule has 0 fully saturated rings. The summed E-state index contributed by atoms with van der Waals surface area (Å²) in [6.45, 7) is 0. The van der Waals surface area contributed by atoms with E-state index in [0.29, 0.717) is 11.4 Å². The van der Waals surface area contributed by atoms with Crippen molar-refractivity contribution >= 4 is 87.2 Å². The van der Waals surface area contributed by atoms with E-state index in [9.17, 15) is 5.26 Å². The van der Waals surface area contributed by atoms with Gasteiger partial charge in [-0.25, -0.2) is 9.97 Å². The zero-order valence-corrected chi connectivity index (χ0v) is 48.6. The molecular weight excluding hydrogens is 1090 g/mol. The highest BCUT2D eigenvalue weighted by molar-refractivity contribution is 6.14. The van der Waals surface area contributed by atoms with Crippen LogP contribution in [0.4, 0.5) is 0 Å². The quantitative estimate of drug-likeness (QED) is 0.145. The number of benzene rings is 13. The lowest BCUT2D eigenvalue weighted by atomic mass is 10.0. The third-order valence-corrected chi connectivity index (χ3v) is 18.2. The van der Waals surface area contributed by atoms with E-state index in [-0.39, 0.29) is 0 Å². The minimum Gasteiger partial charge on any atom is -0.309 e. The molecule has 18 aromatic rings. The van der Waals surface area contributed by atoms with Gasteiger partial charge in [0.1, 0.15) is 0 Å². The Hall–Kier alpha value is -12.4. The molecule has 0 aliphatic carbocycles. The summed E-state index contributed by atoms with van der Waals surface area (Å²) in [7, 11) is 0. The van der Waals surface area contributed by atoms with Crippen LogP contribution in [-0.2, 0) is 0 Å². The van der Waals surface area contributed by atoms with E-state index in [0.717, 1.165) is 95.1 Å². The summed E-state index contributed by atoms with van der Waals surface area (Å²) in [4.78, 5) is 10.8. The van der Waals surface area contributed by atoms with Gasteiger partial charge in [-0.15, -0.1) is 0 Å². The van der Waals surface area contributed by atoms with Crippen LogP contribution in [0.15, 0.2) is 309 Å². The van der Waals surface area contributed by atoms with Gasteiger partial charge >= 0.3 is 0 Å². The number of aromatic nitrogens is 6. The van der Waals surface area contributed by atoms with Gasteiger partial charge in [0.15, 0.2) is 5.82 Å². The number of nitrogens with zero attached hydrogens (tertiary/aromatic N) is 7. The molecule has 5 heterocycles. The van der Waals surface area contributed by atoms with Crippen LogP contribution < -0.4 is 0 Å². The minimum atomic E-state index is 0.588. The summed E-state index contributed by atoms with van der Waals surface area (Å²) in [6.07, 6.45) is 0. The first-order valence-electron chi connectivity index (χ1n) is 30.4. The second-order valence-corrected chi connectivity index (χ2v) is 23.3. The highest BCUT2D eigenvalue weighted by Crippen LogP contribution is 2.42. The van der Waals surface area contributed by atoms with E-state index < -0.39 is 0 Å². The van der Waals surface area contributed by atoms with Crippen molar-refractivity contribution in [1.29, 1.82) is 5.26 Å². The van der Waals surface area contributed by atoms with Gasteiger partial charge in [-0.2, -0.15) is 5.26 Å². The van der Waals surface area contributed by atoms with Crippen molar-refractivity contribution in [2.75, 3.05) is 0 Å². The lowest BCUT2D eigenvalue weighted by Crippen LogP contribution is -1.99. The Balaban J connectivity index is 0.759. The van der Waals surface area contributed by atoms with Crippen LogP contribution in [0.3, 0.4) is 0 Å². The van der Waals surface area contributed by atoms with Gasteiger partial charge in [-0.3, -0.25) is 0 Å². The molecule has 0 bridgehead atoms. The summed E-state index contributed by atoms with van der Waals surface area (Å²) < 4.78 is 9.50. The van der Waals surface area contributed by atoms with Crippen LogP contribution in [0.2, 0.25) is 0 Å². The van der Waals surface area contributed by atoms with E-state index in [1.807, 2.05) is 24.3 Å². The Kier molecular flexibility index (Phi) is 11.5. The van der Waals surface area contributed by atoms with Crippen LogP contribution >= 0.6 is 0 Å². The molecule has 5 aromatic heterocycles. The first-order chi connectivity index (χ1) is 44.6. The third-order valence-electron chi connectivity index (χ3n) is 18.2. The Morgan fingerprint density at radius 2 is 0.567 bits per heavy atom. The molecule has 90 heavy (non-hydrogen) atoms. The van der Waals surface area contributed by atoms with Crippen molar-refractivity contribution in [2.24, 2.45) is 0 Å². The maximum atomic E-state index is 9.84. The molecule has 0 saturated carbocycles. The molecule has 0 amide bonds. The number of fused-ring (bicyclic) bond motifs is 12. The number of hydrogen-bond donors (Lipinski definition) is 0. The standard InChI is InChI=1S/C83H51N7/c84-52-53-33-35-54(36-34-53)73-51-74(59-17-15-23-63(45-59)89-75-29-11-7-25-65(75)69-41-37-57(49-81(69)89)55-39-43-79-71(47-55)67-27-9-13-31-77(67)87(79)61-19-3-1-4-20-61)86-83(85-73)60-18-16-24-64(46-60)90-76-30-12-8-26-66(76)70-42-38-58(50-82(70)90)56-40-44-80-72(48-56)68-28-10-14-32-78(68)88(80)62-21-5-2-6-22-62/h1-51H. The van der Waals surface area contributed by atoms with Gasteiger partial charge in [0.2, 0.25) is 0 Å². The largest absolute Gasteiger partial charge is 0.309 e. The molecular formula is C83H51N7. The number of hydrogen-bond acceptors (Lipinski definition) is 3. The number of para-hydroxylation sites is 6. The molecule has 0 saturated heterocycles. The van der Waals surface area contributed by atoms with Crippen LogP contribution in [0, 0.1) is 11.3 Å². The maximum Gasteiger partial charge on any atom is 0.160 e. The number of nitriles is 1. The number of rotatable bonds is 9.